The van der Waals surface area contributed by atoms with E-state index in [0.29, 0.717) is 32.9 Å². The summed E-state index contributed by atoms with van der Waals surface area (Å²) in [6.07, 6.45) is 0.0560. The average molecular weight is 481 g/mol. The number of amides is 1. The molecule has 2 saturated heterocycles. The lowest BCUT2D eigenvalue weighted by atomic mass is 10.1. The number of hydrogen-bond acceptors (Lipinski definition) is 6. The van der Waals surface area contributed by atoms with Gasteiger partial charge in [0.1, 0.15) is 11.5 Å². The van der Waals surface area contributed by atoms with Gasteiger partial charge in [0.2, 0.25) is 0 Å². The highest BCUT2D eigenvalue weighted by atomic mass is 35.5. The summed E-state index contributed by atoms with van der Waals surface area (Å²) in [6.45, 7) is 0. The summed E-state index contributed by atoms with van der Waals surface area (Å²) < 4.78 is 35.4. The molecular formula is C21H21ClN2O5S2. The average Bonchev–Trinajstić information content (AvgIpc) is 3.19. The standard InChI is InChI=1S/C21H21ClN2O5S2/c1-28-14-7-8-18(29-2)16(10-14)24-17-11-31(26,27)12-19(17)30-21(24)23-20(25)9-13-5-3-4-6-15(13)22/h3-8,10,17,19H,9,11-12H2,1-2H3/t17-,19-/m1/s1. The Kier molecular flexibility index (Phi) is 6.18. The number of nitrogens with zero attached hydrogens (tertiary/aromatic N) is 2. The van der Waals surface area contributed by atoms with Gasteiger partial charge in [-0.3, -0.25) is 4.79 Å². The van der Waals surface area contributed by atoms with Gasteiger partial charge < -0.3 is 14.4 Å². The molecule has 2 atom stereocenters. The van der Waals surface area contributed by atoms with Gasteiger partial charge in [0.05, 0.1) is 43.9 Å². The number of methoxy groups -OCH3 is 2. The van der Waals surface area contributed by atoms with Crippen LogP contribution in [0.25, 0.3) is 0 Å². The lowest BCUT2D eigenvalue weighted by Crippen LogP contribution is -2.38. The van der Waals surface area contributed by atoms with Crippen LogP contribution in [0, 0.1) is 0 Å². The molecule has 0 radical (unpaired) electrons. The highest BCUT2D eigenvalue weighted by molar-refractivity contribution is 8.16. The summed E-state index contributed by atoms with van der Waals surface area (Å²) >= 11 is 7.49. The van der Waals surface area contributed by atoms with Gasteiger partial charge in [-0.2, -0.15) is 4.99 Å². The van der Waals surface area contributed by atoms with E-state index in [2.05, 4.69) is 4.99 Å². The molecule has 0 bridgehead atoms. The number of anilines is 1. The highest BCUT2D eigenvalue weighted by Gasteiger charge is 2.50. The largest absolute Gasteiger partial charge is 0.497 e. The third-order valence-corrected chi connectivity index (χ3v) is 8.81. The zero-order valence-corrected chi connectivity index (χ0v) is 19.3. The number of sulfone groups is 1. The van der Waals surface area contributed by atoms with Gasteiger partial charge in [-0.15, -0.1) is 0 Å². The number of amidine groups is 1. The molecule has 0 aromatic heterocycles. The van der Waals surface area contributed by atoms with Crippen molar-refractivity contribution >= 4 is 50.0 Å². The minimum atomic E-state index is -3.18. The van der Waals surface area contributed by atoms with Crippen LogP contribution in [0.15, 0.2) is 47.5 Å². The van der Waals surface area contributed by atoms with Crippen molar-refractivity contribution in [2.45, 2.75) is 17.7 Å². The van der Waals surface area contributed by atoms with Crippen molar-refractivity contribution in [1.82, 2.24) is 0 Å². The molecule has 2 aromatic carbocycles. The van der Waals surface area contributed by atoms with Crippen molar-refractivity contribution in [3.05, 3.63) is 53.1 Å². The molecule has 7 nitrogen and oxygen atoms in total. The van der Waals surface area contributed by atoms with Gasteiger partial charge in [-0.25, -0.2) is 8.42 Å². The van der Waals surface area contributed by atoms with E-state index in [0.717, 1.165) is 0 Å². The number of carbonyl (C=O) groups is 1. The number of ether oxygens (including phenoxy) is 2. The molecule has 0 N–H and O–H groups in total. The van der Waals surface area contributed by atoms with Crippen molar-refractivity contribution < 1.29 is 22.7 Å². The number of thioether (sulfide) groups is 1. The second-order valence-electron chi connectivity index (χ2n) is 7.26. The first-order chi connectivity index (χ1) is 14.8. The molecule has 1 amide bonds. The predicted octanol–water partition coefficient (Wildman–Crippen LogP) is 3.20. The predicted molar refractivity (Wildman–Crippen MR) is 123 cm³/mol. The lowest BCUT2D eigenvalue weighted by molar-refractivity contribution is -0.117. The van der Waals surface area contributed by atoms with Gasteiger partial charge in [0, 0.05) is 16.3 Å². The van der Waals surface area contributed by atoms with Crippen molar-refractivity contribution in [2.24, 2.45) is 4.99 Å². The van der Waals surface area contributed by atoms with E-state index in [-0.39, 0.29) is 35.1 Å². The summed E-state index contributed by atoms with van der Waals surface area (Å²) in [4.78, 5) is 18.9. The maximum atomic E-state index is 12.8. The summed E-state index contributed by atoms with van der Waals surface area (Å²) in [6, 6.07) is 12.1. The van der Waals surface area contributed by atoms with Crippen molar-refractivity contribution in [3.63, 3.8) is 0 Å². The van der Waals surface area contributed by atoms with Crippen LogP contribution in [0.2, 0.25) is 5.02 Å². The molecule has 0 unspecified atom stereocenters. The minimum absolute atomic E-state index is 0.0112. The van der Waals surface area contributed by atoms with Gasteiger partial charge in [0.25, 0.3) is 5.91 Å². The summed E-state index contributed by atoms with van der Waals surface area (Å²) in [5, 5.41) is 0.741. The second kappa shape index (κ2) is 8.72. The summed E-state index contributed by atoms with van der Waals surface area (Å²) in [5.41, 5.74) is 1.30. The Labute approximate surface area is 190 Å². The monoisotopic (exact) mass is 480 g/mol. The fourth-order valence-corrected chi connectivity index (χ4v) is 7.91. The van der Waals surface area contributed by atoms with E-state index in [9.17, 15) is 13.2 Å². The van der Waals surface area contributed by atoms with Gasteiger partial charge in [-0.1, -0.05) is 41.6 Å². The topological polar surface area (TPSA) is 85.3 Å². The Morgan fingerprint density at radius 2 is 1.97 bits per heavy atom. The molecule has 0 saturated carbocycles. The fourth-order valence-electron chi connectivity index (χ4n) is 3.78. The Morgan fingerprint density at radius 1 is 1.19 bits per heavy atom. The molecule has 2 aromatic rings. The first-order valence-electron chi connectivity index (χ1n) is 9.54. The number of carbonyl (C=O) groups excluding carboxylic acids is 1. The molecule has 0 aliphatic carbocycles. The number of hydrogen-bond donors (Lipinski definition) is 0. The lowest BCUT2D eigenvalue weighted by Gasteiger charge is -2.26. The van der Waals surface area contributed by atoms with Crippen LogP contribution in [0.4, 0.5) is 5.69 Å². The van der Waals surface area contributed by atoms with Crippen LogP contribution in [0.3, 0.4) is 0 Å². The van der Waals surface area contributed by atoms with E-state index in [1.165, 1.54) is 18.9 Å². The van der Waals surface area contributed by atoms with Gasteiger partial charge >= 0.3 is 0 Å². The van der Waals surface area contributed by atoms with Crippen LogP contribution < -0.4 is 14.4 Å². The molecule has 2 fully saturated rings. The first-order valence-corrected chi connectivity index (χ1v) is 12.6. The fraction of sp³-hybridized carbons (Fsp3) is 0.333. The molecule has 2 heterocycles. The molecule has 164 valence electrons. The molecule has 0 spiro atoms. The SMILES string of the molecule is COc1ccc(OC)c(N2C(=NC(=O)Cc3ccccc3Cl)S[C@@H]3CS(=O)(=O)C[C@H]32)c1. The van der Waals surface area contributed by atoms with E-state index >= 15 is 0 Å². The maximum absolute atomic E-state index is 12.8. The molecule has 2 aliphatic heterocycles. The van der Waals surface area contributed by atoms with E-state index in [1.54, 1.807) is 48.4 Å². The Bertz CT molecular complexity index is 1150. The van der Waals surface area contributed by atoms with E-state index < -0.39 is 9.84 Å². The first kappa shape index (κ1) is 22.0. The normalized spacial score (nSPS) is 23.1. The van der Waals surface area contributed by atoms with E-state index in [4.69, 9.17) is 21.1 Å². The number of benzene rings is 2. The van der Waals surface area contributed by atoms with Crippen molar-refractivity contribution in [2.75, 3.05) is 30.6 Å². The number of fused-ring (bicyclic) bond motifs is 1. The Morgan fingerprint density at radius 3 is 2.68 bits per heavy atom. The maximum Gasteiger partial charge on any atom is 0.252 e. The van der Waals surface area contributed by atoms with E-state index in [1.807, 2.05) is 6.07 Å². The minimum Gasteiger partial charge on any atom is -0.497 e. The third-order valence-electron chi connectivity index (χ3n) is 5.23. The van der Waals surface area contributed by atoms with Crippen LogP contribution in [-0.4, -0.2) is 56.5 Å². The van der Waals surface area contributed by atoms with Gasteiger partial charge in [0.15, 0.2) is 15.0 Å². The highest BCUT2D eigenvalue weighted by Crippen LogP contribution is 2.45. The molecule has 10 heteroatoms. The smallest absolute Gasteiger partial charge is 0.252 e. The second-order valence-corrected chi connectivity index (χ2v) is 11.0. The Hall–Kier alpha value is -2.23. The number of aliphatic imine (C=N–C) groups is 1. The van der Waals surface area contributed by atoms with Crippen molar-refractivity contribution in [1.29, 1.82) is 0 Å². The quantitative estimate of drug-likeness (QED) is 0.649. The Balaban J connectivity index is 1.73. The zero-order chi connectivity index (χ0) is 22.2. The van der Waals surface area contributed by atoms with Crippen LogP contribution in [0.5, 0.6) is 11.5 Å². The molecular weight excluding hydrogens is 460 g/mol. The number of rotatable bonds is 5. The van der Waals surface area contributed by atoms with Gasteiger partial charge in [-0.05, 0) is 23.8 Å². The van der Waals surface area contributed by atoms with Crippen LogP contribution in [-0.2, 0) is 21.1 Å². The zero-order valence-electron chi connectivity index (χ0n) is 16.9. The molecule has 2 aliphatic rings. The van der Waals surface area contributed by atoms with Crippen LogP contribution in [0.1, 0.15) is 5.56 Å². The molecule has 4 rings (SSSR count). The third kappa shape index (κ3) is 4.53. The number of halogens is 1. The molecule has 31 heavy (non-hydrogen) atoms. The summed E-state index contributed by atoms with van der Waals surface area (Å²) in [5.74, 6) is 0.806. The van der Waals surface area contributed by atoms with Crippen LogP contribution >= 0.6 is 23.4 Å². The summed E-state index contributed by atoms with van der Waals surface area (Å²) in [7, 11) is -0.0903. The van der Waals surface area contributed by atoms with Crippen molar-refractivity contribution in [3.8, 4) is 11.5 Å².